The molecule has 0 spiro atoms. The van der Waals surface area contributed by atoms with Gasteiger partial charge in [0.1, 0.15) is 0 Å². The van der Waals surface area contributed by atoms with Gasteiger partial charge in [-0.25, -0.2) is 0 Å². The largest absolute Gasteiger partial charge is 0.359 e. The summed E-state index contributed by atoms with van der Waals surface area (Å²) in [5, 5.41) is 2.80. The van der Waals surface area contributed by atoms with E-state index >= 15 is 0 Å². The van der Waals surface area contributed by atoms with Crippen molar-refractivity contribution in [3.8, 4) is 0 Å². The number of ketones is 2. The van der Waals surface area contributed by atoms with Crippen LogP contribution in [0, 0.1) is 0 Å². The van der Waals surface area contributed by atoms with Gasteiger partial charge in [0.2, 0.25) is 5.78 Å². The summed E-state index contributed by atoms with van der Waals surface area (Å²) < 4.78 is 0. The molecule has 0 heterocycles. The number of carbonyl (C=O) groups is 2. The van der Waals surface area contributed by atoms with Crippen LogP contribution in [0.4, 0.5) is 0 Å². The van der Waals surface area contributed by atoms with Crippen molar-refractivity contribution in [1.82, 2.24) is 5.32 Å². The van der Waals surface area contributed by atoms with Gasteiger partial charge in [-0.15, -0.1) is 0 Å². The molecule has 0 fully saturated rings. The molecule has 3 nitrogen and oxygen atoms in total. The molecular formula is C13H11NO2. The predicted molar refractivity (Wildman–Crippen MR) is 61.1 cm³/mol. The number of rotatable bonds is 2. The maximum absolute atomic E-state index is 12.0. The van der Waals surface area contributed by atoms with E-state index in [1.807, 2.05) is 6.92 Å². The Balaban J connectivity index is 2.43. The molecule has 0 aromatic heterocycles. The van der Waals surface area contributed by atoms with E-state index in [9.17, 15) is 9.59 Å². The van der Waals surface area contributed by atoms with Crippen molar-refractivity contribution >= 4 is 11.6 Å². The molecule has 1 aromatic carbocycles. The zero-order chi connectivity index (χ0) is 11.5. The second-order valence-electron chi connectivity index (χ2n) is 3.44. The Kier molecular flexibility index (Phi) is 2.68. The van der Waals surface area contributed by atoms with Gasteiger partial charge in [0.15, 0.2) is 5.78 Å². The third kappa shape index (κ3) is 1.67. The molecular weight excluding hydrogens is 202 g/mol. The normalized spacial score (nSPS) is 14.9. The molecule has 0 saturated heterocycles. The summed E-state index contributed by atoms with van der Waals surface area (Å²) in [6.07, 6.45) is 4.73. The smallest absolute Gasteiger partial charge is 0.210 e. The lowest BCUT2D eigenvalue weighted by Gasteiger charge is -2.14. The van der Waals surface area contributed by atoms with Gasteiger partial charge in [0, 0.05) is 17.2 Å². The topological polar surface area (TPSA) is 46.2 Å². The van der Waals surface area contributed by atoms with E-state index < -0.39 is 0 Å². The van der Waals surface area contributed by atoms with Crippen LogP contribution in [0.3, 0.4) is 0 Å². The standard InChI is InChI=1S/C13H11NO2/c1-2-7-14-11-8-12(15)9-5-3-4-6-10(9)13(11)16/h2-8,14H,1H3/b7-2+. The number of hydrogen-bond donors (Lipinski definition) is 1. The highest BCUT2D eigenvalue weighted by Crippen LogP contribution is 2.19. The third-order valence-corrected chi connectivity index (χ3v) is 2.36. The van der Waals surface area contributed by atoms with E-state index in [1.54, 1.807) is 36.5 Å². The lowest BCUT2D eigenvalue weighted by molar-refractivity contribution is 0.0980. The lowest BCUT2D eigenvalue weighted by Crippen LogP contribution is -2.23. The number of Topliss-reactive ketones (excluding diaryl/α,β-unsaturated/α-hetero) is 1. The van der Waals surface area contributed by atoms with E-state index in [0.717, 1.165) is 0 Å². The first-order valence-corrected chi connectivity index (χ1v) is 5.01. The van der Waals surface area contributed by atoms with Crippen molar-refractivity contribution in [2.45, 2.75) is 6.92 Å². The maximum Gasteiger partial charge on any atom is 0.210 e. The summed E-state index contributed by atoms with van der Waals surface area (Å²) in [7, 11) is 0. The highest BCUT2D eigenvalue weighted by molar-refractivity contribution is 6.24. The van der Waals surface area contributed by atoms with Crippen LogP contribution in [0.15, 0.2) is 48.3 Å². The first-order chi connectivity index (χ1) is 7.74. The molecule has 80 valence electrons. The quantitative estimate of drug-likeness (QED) is 0.818. The second kappa shape index (κ2) is 4.14. The number of hydrogen-bond acceptors (Lipinski definition) is 3. The van der Waals surface area contributed by atoms with E-state index in [4.69, 9.17) is 0 Å². The van der Waals surface area contributed by atoms with Crippen LogP contribution in [0.1, 0.15) is 27.6 Å². The Labute approximate surface area is 93.5 Å². The van der Waals surface area contributed by atoms with Gasteiger partial charge in [-0.2, -0.15) is 0 Å². The van der Waals surface area contributed by atoms with Crippen LogP contribution in [0.2, 0.25) is 0 Å². The van der Waals surface area contributed by atoms with Gasteiger partial charge < -0.3 is 5.32 Å². The van der Waals surface area contributed by atoms with Crippen molar-refractivity contribution in [2.75, 3.05) is 0 Å². The van der Waals surface area contributed by atoms with Crippen molar-refractivity contribution in [3.63, 3.8) is 0 Å². The molecule has 0 atom stereocenters. The number of allylic oxidation sites excluding steroid dienone is 3. The van der Waals surface area contributed by atoms with Crippen LogP contribution in [0.5, 0.6) is 0 Å². The minimum atomic E-state index is -0.145. The first kappa shape index (κ1) is 10.4. The van der Waals surface area contributed by atoms with Gasteiger partial charge in [-0.1, -0.05) is 30.3 Å². The molecule has 1 aromatic rings. The molecule has 0 bridgehead atoms. The van der Waals surface area contributed by atoms with E-state index in [1.165, 1.54) is 6.08 Å². The van der Waals surface area contributed by atoms with Gasteiger partial charge >= 0.3 is 0 Å². The molecule has 0 saturated carbocycles. The fourth-order valence-electron chi connectivity index (χ4n) is 1.60. The monoisotopic (exact) mass is 213 g/mol. The van der Waals surface area contributed by atoms with Crippen molar-refractivity contribution < 1.29 is 9.59 Å². The maximum atomic E-state index is 12.0. The van der Waals surface area contributed by atoms with E-state index in [2.05, 4.69) is 5.32 Å². The van der Waals surface area contributed by atoms with Crippen LogP contribution in [-0.4, -0.2) is 11.6 Å². The first-order valence-electron chi connectivity index (χ1n) is 5.01. The molecule has 1 aliphatic rings. The van der Waals surface area contributed by atoms with Gasteiger partial charge in [0.05, 0.1) is 5.70 Å². The zero-order valence-corrected chi connectivity index (χ0v) is 8.86. The van der Waals surface area contributed by atoms with Gasteiger partial charge in [0.25, 0.3) is 0 Å². The second-order valence-corrected chi connectivity index (χ2v) is 3.44. The molecule has 1 N–H and O–H groups in total. The van der Waals surface area contributed by atoms with Crippen LogP contribution in [-0.2, 0) is 0 Å². The molecule has 16 heavy (non-hydrogen) atoms. The minimum Gasteiger partial charge on any atom is -0.359 e. The summed E-state index contributed by atoms with van der Waals surface area (Å²) in [5.74, 6) is -0.282. The summed E-state index contributed by atoms with van der Waals surface area (Å²) in [4.78, 5) is 23.7. The number of carbonyl (C=O) groups excluding carboxylic acids is 2. The molecule has 0 unspecified atom stereocenters. The Morgan fingerprint density at radius 3 is 2.50 bits per heavy atom. The van der Waals surface area contributed by atoms with E-state index in [0.29, 0.717) is 16.8 Å². The van der Waals surface area contributed by atoms with Crippen molar-refractivity contribution in [1.29, 1.82) is 0 Å². The fourth-order valence-corrected chi connectivity index (χ4v) is 1.60. The van der Waals surface area contributed by atoms with Crippen LogP contribution < -0.4 is 5.32 Å². The van der Waals surface area contributed by atoms with Gasteiger partial charge in [-0.05, 0) is 13.1 Å². The average Bonchev–Trinajstić information content (AvgIpc) is 2.32. The summed E-state index contributed by atoms with van der Waals surface area (Å²) in [6, 6.07) is 6.84. The van der Waals surface area contributed by atoms with Crippen molar-refractivity contribution in [2.24, 2.45) is 0 Å². The SMILES string of the molecule is C/C=C/NC1=CC(=O)c2ccccc2C1=O. The average molecular weight is 213 g/mol. The highest BCUT2D eigenvalue weighted by Gasteiger charge is 2.24. The molecule has 3 heteroatoms. The minimum absolute atomic E-state index is 0.137. The molecule has 0 radical (unpaired) electrons. The number of benzene rings is 1. The molecule has 0 aliphatic heterocycles. The van der Waals surface area contributed by atoms with Crippen LogP contribution in [0.25, 0.3) is 0 Å². The zero-order valence-electron chi connectivity index (χ0n) is 8.86. The van der Waals surface area contributed by atoms with Gasteiger partial charge in [-0.3, -0.25) is 9.59 Å². The molecule has 0 amide bonds. The van der Waals surface area contributed by atoms with Crippen LogP contribution >= 0.6 is 0 Å². The van der Waals surface area contributed by atoms with Crippen molar-refractivity contribution in [3.05, 3.63) is 59.4 Å². The summed E-state index contributed by atoms with van der Waals surface area (Å²) in [5.41, 5.74) is 1.25. The predicted octanol–water partition coefficient (Wildman–Crippen LogP) is 2.07. The number of fused-ring (bicyclic) bond motifs is 1. The summed E-state index contributed by atoms with van der Waals surface area (Å²) >= 11 is 0. The Morgan fingerprint density at radius 1 is 1.12 bits per heavy atom. The number of nitrogens with one attached hydrogen (secondary N) is 1. The third-order valence-electron chi connectivity index (χ3n) is 2.36. The van der Waals surface area contributed by atoms with E-state index in [-0.39, 0.29) is 11.6 Å². The highest BCUT2D eigenvalue weighted by atomic mass is 16.1. The Hall–Kier alpha value is -2.16. The molecule has 1 aliphatic carbocycles. The summed E-state index contributed by atoms with van der Waals surface area (Å²) in [6.45, 7) is 1.83. The Bertz CT molecular complexity index is 512. The molecule has 2 rings (SSSR count). The lowest BCUT2D eigenvalue weighted by atomic mass is 9.93. The Morgan fingerprint density at radius 2 is 1.81 bits per heavy atom. The fraction of sp³-hybridized carbons (Fsp3) is 0.0769.